The summed E-state index contributed by atoms with van der Waals surface area (Å²) in [7, 11) is 0. The summed E-state index contributed by atoms with van der Waals surface area (Å²) in [4.78, 5) is 6.79. The Hall–Kier alpha value is -1.09. The van der Waals surface area contributed by atoms with Gasteiger partial charge in [-0.2, -0.15) is 0 Å². The van der Waals surface area contributed by atoms with Gasteiger partial charge in [-0.25, -0.2) is 4.98 Å². The summed E-state index contributed by atoms with van der Waals surface area (Å²) in [5, 5.41) is 9.09. The molecule has 1 atom stereocenters. The van der Waals surface area contributed by atoms with Crippen molar-refractivity contribution in [3.63, 3.8) is 0 Å². The van der Waals surface area contributed by atoms with Crippen LogP contribution < -0.4 is 4.90 Å². The van der Waals surface area contributed by atoms with Crippen molar-refractivity contribution in [2.75, 3.05) is 18.1 Å². The first-order valence-corrected chi connectivity index (χ1v) is 6.11. The third-order valence-electron chi connectivity index (χ3n) is 3.28. The number of nitrogens with zero attached hydrogens (tertiary/aromatic N) is 2. The van der Waals surface area contributed by atoms with E-state index in [1.54, 1.807) is 0 Å². The quantitative estimate of drug-likeness (QED) is 0.847. The summed E-state index contributed by atoms with van der Waals surface area (Å²) in [5.74, 6) is 1.07. The molecule has 3 heteroatoms. The van der Waals surface area contributed by atoms with Gasteiger partial charge in [0.2, 0.25) is 0 Å². The number of aliphatic hydroxyl groups excluding tert-OH is 1. The Morgan fingerprint density at radius 2 is 2.38 bits per heavy atom. The van der Waals surface area contributed by atoms with Crippen LogP contribution in [0, 0.1) is 6.92 Å². The van der Waals surface area contributed by atoms with E-state index in [0.717, 1.165) is 18.8 Å². The normalized spacial score (nSPS) is 21.1. The fourth-order valence-corrected chi connectivity index (χ4v) is 2.43. The molecule has 3 nitrogen and oxygen atoms in total. The van der Waals surface area contributed by atoms with Gasteiger partial charge in [-0.1, -0.05) is 0 Å². The van der Waals surface area contributed by atoms with E-state index in [4.69, 9.17) is 5.11 Å². The highest BCUT2D eigenvalue weighted by atomic mass is 16.3. The molecule has 88 valence electrons. The van der Waals surface area contributed by atoms with Crippen LogP contribution in [0.4, 0.5) is 5.82 Å². The third kappa shape index (κ3) is 2.53. The van der Waals surface area contributed by atoms with E-state index < -0.39 is 0 Å². The maximum Gasteiger partial charge on any atom is 0.128 e. The van der Waals surface area contributed by atoms with Gasteiger partial charge < -0.3 is 10.0 Å². The third-order valence-corrected chi connectivity index (χ3v) is 3.28. The smallest absolute Gasteiger partial charge is 0.128 e. The lowest BCUT2D eigenvalue weighted by Crippen LogP contribution is -2.40. The van der Waals surface area contributed by atoms with Gasteiger partial charge in [0.05, 0.1) is 0 Å². The van der Waals surface area contributed by atoms with Gasteiger partial charge in [-0.3, -0.25) is 0 Å². The summed E-state index contributed by atoms with van der Waals surface area (Å²) >= 11 is 0. The Balaban J connectivity index is 2.16. The number of hydrogen-bond donors (Lipinski definition) is 1. The highest BCUT2D eigenvalue weighted by molar-refractivity contribution is 5.42. The van der Waals surface area contributed by atoms with E-state index in [1.165, 1.54) is 24.8 Å². The van der Waals surface area contributed by atoms with E-state index in [0.29, 0.717) is 6.04 Å². The average molecular weight is 220 g/mol. The number of aromatic nitrogens is 1. The Morgan fingerprint density at radius 3 is 3.12 bits per heavy atom. The van der Waals surface area contributed by atoms with Crippen molar-refractivity contribution in [1.29, 1.82) is 0 Å². The summed E-state index contributed by atoms with van der Waals surface area (Å²) in [6, 6.07) is 4.62. The maximum absolute atomic E-state index is 9.09. The van der Waals surface area contributed by atoms with E-state index in [9.17, 15) is 0 Å². The lowest BCUT2D eigenvalue weighted by atomic mass is 9.99. The fraction of sp³-hybridized carbons (Fsp3) is 0.615. The summed E-state index contributed by atoms with van der Waals surface area (Å²) in [6.07, 6.45) is 6.41. The van der Waals surface area contributed by atoms with Crippen LogP contribution in [0.15, 0.2) is 18.3 Å². The minimum Gasteiger partial charge on any atom is -0.396 e. The molecule has 1 saturated heterocycles. The number of anilines is 1. The van der Waals surface area contributed by atoms with Crippen molar-refractivity contribution >= 4 is 5.82 Å². The number of rotatable bonds is 3. The number of aryl methyl sites for hydroxylation is 1. The van der Waals surface area contributed by atoms with Crippen LogP contribution in [0.2, 0.25) is 0 Å². The van der Waals surface area contributed by atoms with Gasteiger partial charge in [0.1, 0.15) is 5.82 Å². The zero-order chi connectivity index (χ0) is 11.4. The molecule has 0 spiro atoms. The first-order valence-electron chi connectivity index (χ1n) is 6.11. The van der Waals surface area contributed by atoms with Gasteiger partial charge in [-0.05, 0) is 50.3 Å². The van der Waals surface area contributed by atoms with Gasteiger partial charge >= 0.3 is 0 Å². The van der Waals surface area contributed by atoms with Crippen LogP contribution in [-0.2, 0) is 0 Å². The molecule has 1 aromatic heterocycles. The standard InChI is InChI=1S/C13H20N2O/c1-11-5-7-14-13(10-11)15-8-3-2-4-12(15)6-9-16/h5,7,10,12,16H,2-4,6,8-9H2,1H3. The van der Waals surface area contributed by atoms with E-state index in [-0.39, 0.29) is 6.61 Å². The SMILES string of the molecule is Cc1ccnc(N2CCCCC2CCO)c1. The first kappa shape index (κ1) is 11.4. The minimum atomic E-state index is 0.271. The van der Waals surface area contributed by atoms with Crippen LogP contribution in [0.5, 0.6) is 0 Å². The molecule has 0 radical (unpaired) electrons. The van der Waals surface area contributed by atoms with Crippen molar-refractivity contribution in [2.24, 2.45) is 0 Å². The van der Waals surface area contributed by atoms with E-state index >= 15 is 0 Å². The molecule has 1 unspecified atom stereocenters. The second-order valence-corrected chi connectivity index (χ2v) is 4.55. The first-order chi connectivity index (χ1) is 7.81. The molecule has 1 N–H and O–H groups in total. The molecule has 1 aliphatic rings. The Labute approximate surface area is 97.1 Å². The summed E-state index contributed by atoms with van der Waals surface area (Å²) in [6.45, 7) is 3.43. The van der Waals surface area contributed by atoms with E-state index in [2.05, 4.69) is 22.9 Å². The molecule has 0 aromatic carbocycles. The van der Waals surface area contributed by atoms with Crippen molar-refractivity contribution in [1.82, 2.24) is 4.98 Å². The Morgan fingerprint density at radius 1 is 1.50 bits per heavy atom. The number of hydrogen-bond acceptors (Lipinski definition) is 3. The average Bonchev–Trinajstić information content (AvgIpc) is 2.30. The second kappa shape index (κ2) is 5.30. The zero-order valence-corrected chi connectivity index (χ0v) is 9.89. The number of pyridine rings is 1. The molecule has 0 aliphatic carbocycles. The van der Waals surface area contributed by atoms with Gasteiger partial charge in [0, 0.05) is 25.4 Å². The van der Waals surface area contributed by atoms with E-state index in [1.807, 2.05) is 12.3 Å². The minimum absolute atomic E-state index is 0.271. The lowest BCUT2D eigenvalue weighted by Gasteiger charge is -2.36. The lowest BCUT2D eigenvalue weighted by molar-refractivity contribution is 0.262. The largest absolute Gasteiger partial charge is 0.396 e. The molecule has 16 heavy (non-hydrogen) atoms. The van der Waals surface area contributed by atoms with Crippen molar-refractivity contribution < 1.29 is 5.11 Å². The fourth-order valence-electron chi connectivity index (χ4n) is 2.43. The van der Waals surface area contributed by atoms with Gasteiger partial charge in [0.25, 0.3) is 0 Å². The second-order valence-electron chi connectivity index (χ2n) is 4.55. The van der Waals surface area contributed by atoms with Crippen molar-refractivity contribution in [3.05, 3.63) is 23.9 Å². The molecule has 0 amide bonds. The predicted molar refractivity (Wildman–Crippen MR) is 65.7 cm³/mol. The van der Waals surface area contributed by atoms with Gasteiger partial charge in [0.15, 0.2) is 0 Å². The zero-order valence-electron chi connectivity index (χ0n) is 9.89. The summed E-state index contributed by atoms with van der Waals surface area (Å²) < 4.78 is 0. The molecule has 1 aromatic rings. The molecule has 2 rings (SSSR count). The Bertz CT molecular complexity index is 338. The molecule has 2 heterocycles. The van der Waals surface area contributed by atoms with Crippen molar-refractivity contribution in [3.8, 4) is 0 Å². The highest BCUT2D eigenvalue weighted by Gasteiger charge is 2.22. The molecular weight excluding hydrogens is 200 g/mol. The van der Waals surface area contributed by atoms with Crippen LogP contribution in [0.1, 0.15) is 31.2 Å². The van der Waals surface area contributed by atoms with Gasteiger partial charge in [-0.15, -0.1) is 0 Å². The number of piperidine rings is 1. The maximum atomic E-state index is 9.09. The van der Waals surface area contributed by atoms with Crippen LogP contribution in [-0.4, -0.2) is 29.3 Å². The highest BCUT2D eigenvalue weighted by Crippen LogP contribution is 2.25. The Kier molecular flexibility index (Phi) is 3.78. The van der Waals surface area contributed by atoms with Crippen LogP contribution in [0.3, 0.4) is 0 Å². The molecule has 0 bridgehead atoms. The number of aliphatic hydroxyl groups is 1. The molecule has 1 aliphatic heterocycles. The van der Waals surface area contributed by atoms with Crippen LogP contribution >= 0.6 is 0 Å². The topological polar surface area (TPSA) is 36.4 Å². The predicted octanol–water partition coefficient (Wildman–Crippen LogP) is 2.13. The molecular formula is C13H20N2O. The van der Waals surface area contributed by atoms with Crippen molar-refractivity contribution in [2.45, 2.75) is 38.6 Å². The monoisotopic (exact) mass is 220 g/mol. The molecule has 1 fully saturated rings. The van der Waals surface area contributed by atoms with Crippen LogP contribution in [0.25, 0.3) is 0 Å². The molecule has 0 saturated carbocycles. The summed E-state index contributed by atoms with van der Waals surface area (Å²) in [5.41, 5.74) is 1.25.